The Kier molecular flexibility index (Phi) is 4.45. The van der Waals surface area contributed by atoms with Gasteiger partial charge in [0.15, 0.2) is 0 Å². The minimum atomic E-state index is -1.06. The van der Waals surface area contributed by atoms with Crippen LogP contribution in [0.25, 0.3) is 0 Å². The molecule has 3 N–H and O–H groups in total. The van der Waals surface area contributed by atoms with Crippen LogP contribution in [-0.2, 0) is 4.79 Å². The number of amides is 1. The monoisotopic (exact) mass is 237 g/mol. The van der Waals surface area contributed by atoms with Crippen molar-refractivity contribution in [1.29, 1.82) is 0 Å². The van der Waals surface area contributed by atoms with Crippen molar-refractivity contribution >= 4 is 17.6 Å². The van der Waals surface area contributed by atoms with Crippen molar-refractivity contribution < 1.29 is 14.7 Å². The van der Waals surface area contributed by atoms with E-state index in [4.69, 9.17) is 5.11 Å². The van der Waals surface area contributed by atoms with E-state index in [0.29, 0.717) is 12.2 Å². The highest BCUT2D eigenvalue weighted by molar-refractivity contribution is 5.95. The molecule has 1 aromatic rings. The molecule has 0 spiro atoms. The van der Waals surface area contributed by atoms with Crippen LogP contribution in [0.4, 0.5) is 5.69 Å². The lowest BCUT2D eigenvalue weighted by atomic mass is 10.2. The van der Waals surface area contributed by atoms with Crippen molar-refractivity contribution in [1.82, 2.24) is 10.3 Å². The van der Waals surface area contributed by atoms with Gasteiger partial charge < -0.3 is 15.7 Å². The van der Waals surface area contributed by atoms with E-state index in [-0.39, 0.29) is 11.5 Å². The summed E-state index contributed by atoms with van der Waals surface area (Å²) >= 11 is 0. The van der Waals surface area contributed by atoms with E-state index in [1.807, 2.05) is 6.92 Å². The molecule has 0 aliphatic heterocycles. The highest BCUT2D eigenvalue weighted by atomic mass is 16.4. The Bertz CT molecular complexity index is 420. The summed E-state index contributed by atoms with van der Waals surface area (Å²) in [5, 5.41) is 14.4. The number of hydrogen-bond donors (Lipinski definition) is 3. The number of anilines is 1. The number of hydrogen-bond acceptors (Lipinski definition) is 4. The van der Waals surface area contributed by atoms with Crippen molar-refractivity contribution in [2.75, 3.05) is 11.9 Å². The fourth-order valence-corrected chi connectivity index (χ4v) is 1.32. The van der Waals surface area contributed by atoms with E-state index < -0.39 is 12.0 Å². The smallest absolute Gasteiger partial charge is 0.337 e. The molecule has 0 fully saturated rings. The number of likely N-dealkylation sites (N-methyl/N-ethyl adjacent to an activating group) is 1. The first-order valence-electron chi connectivity index (χ1n) is 5.27. The molecule has 0 aliphatic rings. The van der Waals surface area contributed by atoms with Gasteiger partial charge in [-0.2, -0.15) is 0 Å². The maximum absolute atomic E-state index is 11.5. The number of nitrogens with one attached hydrogen (secondary N) is 2. The molecule has 1 rings (SSSR count). The Morgan fingerprint density at radius 2 is 2.24 bits per heavy atom. The third-order valence-corrected chi connectivity index (χ3v) is 2.17. The van der Waals surface area contributed by atoms with E-state index in [1.54, 1.807) is 6.92 Å². The van der Waals surface area contributed by atoms with Gasteiger partial charge in [-0.05, 0) is 19.9 Å². The molecule has 6 heteroatoms. The van der Waals surface area contributed by atoms with Gasteiger partial charge in [0.1, 0.15) is 6.04 Å². The Balaban J connectivity index is 2.81. The Morgan fingerprint density at radius 1 is 1.53 bits per heavy atom. The number of aromatic carboxylic acids is 1. The fraction of sp³-hybridized carbons (Fsp3) is 0.364. The lowest BCUT2D eigenvalue weighted by molar-refractivity contribution is -0.121. The number of carbonyl (C=O) groups is 2. The molecule has 1 heterocycles. The summed E-state index contributed by atoms with van der Waals surface area (Å²) in [6, 6.07) is 0.868. The average Bonchev–Trinajstić information content (AvgIpc) is 2.29. The molecule has 92 valence electrons. The predicted octanol–water partition coefficient (Wildman–Crippen LogP) is 0.716. The third kappa shape index (κ3) is 3.44. The zero-order valence-electron chi connectivity index (χ0n) is 9.73. The van der Waals surface area contributed by atoms with Gasteiger partial charge in [-0.15, -0.1) is 0 Å². The molecular formula is C11H15N3O3. The van der Waals surface area contributed by atoms with E-state index >= 15 is 0 Å². The molecular weight excluding hydrogens is 222 g/mol. The van der Waals surface area contributed by atoms with Gasteiger partial charge in [0, 0.05) is 12.7 Å². The maximum Gasteiger partial charge on any atom is 0.337 e. The van der Waals surface area contributed by atoms with Gasteiger partial charge in [-0.3, -0.25) is 9.78 Å². The summed E-state index contributed by atoms with van der Waals surface area (Å²) < 4.78 is 0. The second-order valence-corrected chi connectivity index (χ2v) is 3.49. The minimum Gasteiger partial charge on any atom is -0.478 e. The molecule has 17 heavy (non-hydrogen) atoms. The molecule has 6 nitrogen and oxygen atoms in total. The second-order valence-electron chi connectivity index (χ2n) is 3.49. The molecule has 1 atom stereocenters. The topological polar surface area (TPSA) is 91.3 Å². The summed E-state index contributed by atoms with van der Waals surface area (Å²) in [6.07, 6.45) is 2.78. The molecule has 0 saturated carbocycles. The number of carbonyl (C=O) groups excluding carboxylic acids is 1. The van der Waals surface area contributed by atoms with E-state index in [1.165, 1.54) is 18.5 Å². The van der Waals surface area contributed by atoms with Crippen LogP contribution in [0.5, 0.6) is 0 Å². The molecule has 0 aromatic carbocycles. The van der Waals surface area contributed by atoms with Gasteiger partial charge in [-0.1, -0.05) is 0 Å². The summed E-state index contributed by atoms with van der Waals surface area (Å²) in [5.41, 5.74) is 0.426. The summed E-state index contributed by atoms with van der Waals surface area (Å²) in [5.74, 6) is -1.24. The first-order valence-corrected chi connectivity index (χ1v) is 5.27. The van der Waals surface area contributed by atoms with Crippen LogP contribution < -0.4 is 10.6 Å². The highest BCUT2D eigenvalue weighted by Gasteiger charge is 2.15. The molecule has 0 bridgehead atoms. The SMILES string of the molecule is CCNC(=O)C(C)Nc1cnccc1C(=O)O. The maximum atomic E-state index is 11.5. The molecule has 0 saturated heterocycles. The Hall–Kier alpha value is -2.11. The second kappa shape index (κ2) is 5.83. The summed E-state index contributed by atoms with van der Waals surface area (Å²) in [4.78, 5) is 26.2. The summed E-state index contributed by atoms with van der Waals surface area (Å²) in [6.45, 7) is 4.00. The quantitative estimate of drug-likeness (QED) is 0.701. The predicted molar refractivity (Wildman–Crippen MR) is 63.0 cm³/mol. The van der Waals surface area contributed by atoms with Gasteiger partial charge in [0.25, 0.3) is 0 Å². The van der Waals surface area contributed by atoms with Crippen LogP contribution in [0.3, 0.4) is 0 Å². The van der Waals surface area contributed by atoms with Gasteiger partial charge in [0.05, 0.1) is 17.4 Å². The first kappa shape index (κ1) is 13.0. The third-order valence-electron chi connectivity index (χ3n) is 2.17. The van der Waals surface area contributed by atoms with Crippen LogP contribution in [0, 0.1) is 0 Å². The summed E-state index contributed by atoms with van der Waals surface area (Å²) in [7, 11) is 0. The number of pyridine rings is 1. The molecule has 1 aromatic heterocycles. The zero-order chi connectivity index (χ0) is 12.8. The highest BCUT2D eigenvalue weighted by Crippen LogP contribution is 2.14. The standard InChI is InChI=1S/C11H15N3O3/c1-3-13-10(15)7(2)14-9-6-12-5-4-8(9)11(16)17/h4-7,14H,3H2,1-2H3,(H,13,15)(H,16,17). The number of nitrogens with zero attached hydrogens (tertiary/aromatic N) is 1. The first-order chi connectivity index (χ1) is 8.06. The molecule has 0 aliphatic carbocycles. The number of aromatic nitrogens is 1. The van der Waals surface area contributed by atoms with Crippen LogP contribution in [0.15, 0.2) is 18.5 Å². The van der Waals surface area contributed by atoms with Gasteiger partial charge in [-0.25, -0.2) is 4.79 Å². The minimum absolute atomic E-state index is 0.0937. The fourth-order valence-electron chi connectivity index (χ4n) is 1.32. The largest absolute Gasteiger partial charge is 0.478 e. The molecule has 1 unspecified atom stereocenters. The van der Waals surface area contributed by atoms with Crippen LogP contribution in [0.2, 0.25) is 0 Å². The van der Waals surface area contributed by atoms with Gasteiger partial charge in [0.2, 0.25) is 5.91 Å². The van der Waals surface area contributed by atoms with Crippen LogP contribution >= 0.6 is 0 Å². The molecule has 0 radical (unpaired) electrons. The normalized spacial score (nSPS) is 11.6. The van der Waals surface area contributed by atoms with Crippen molar-refractivity contribution in [2.45, 2.75) is 19.9 Å². The number of carboxylic acid groups (broad SMARTS) is 1. The number of carboxylic acids is 1. The van der Waals surface area contributed by atoms with Crippen molar-refractivity contribution in [3.8, 4) is 0 Å². The van der Waals surface area contributed by atoms with Crippen molar-refractivity contribution in [3.05, 3.63) is 24.0 Å². The van der Waals surface area contributed by atoms with Crippen molar-refractivity contribution in [2.24, 2.45) is 0 Å². The Labute approximate surface area is 99.1 Å². The Morgan fingerprint density at radius 3 is 2.82 bits per heavy atom. The van der Waals surface area contributed by atoms with Crippen LogP contribution in [0.1, 0.15) is 24.2 Å². The molecule has 1 amide bonds. The van der Waals surface area contributed by atoms with Crippen LogP contribution in [-0.4, -0.2) is 34.6 Å². The number of rotatable bonds is 5. The van der Waals surface area contributed by atoms with E-state index in [0.717, 1.165) is 0 Å². The lowest BCUT2D eigenvalue weighted by Crippen LogP contribution is -2.37. The lowest BCUT2D eigenvalue weighted by Gasteiger charge is -2.15. The van der Waals surface area contributed by atoms with E-state index in [9.17, 15) is 9.59 Å². The van der Waals surface area contributed by atoms with E-state index in [2.05, 4.69) is 15.6 Å². The van der Waals surface area contributed by atoms with Gasteiger partial charge >= 0.3 is 5.97 Å². The zero-order valence-corrected chi connectivity index (χ0v) is 9.73. The van der Waals surface area contributed by atoms with Crippen molar-refractivity contribution in [3.63, 3.8) is 0 Å². The average molecular weight is 237 g/mol.